The van der Waals surface area contributed by atoms with Crippen LogP contribution in [-0.2, 0) is 9.59 Å². The number of piperazine rings is 1. The molecule has 0 radical (unpaired) electrons. The van der Waals surface area contributed by atoms with Gasteiger partial charge in [-0.15, -0.1) is 11.8 Å². The van der Waals surface area contributed by atoms with E-state index in [-0.39, 0.29) is 36.3 Å². The molecule has 2 aliphatic heterocycles. The van der Waals surface area contributed by atoms with Crippen LogP contribution in [0.5, 0.6) is 11.5 Å². The summed E-state index contributed by atoms with van der Waals surface area (Å²) in [5.74, 6) is 2.00. The van der Waals surface area contributed by atoms with Gasteiger partial charge in [0.25, 0.3) is 0 Å². The first-order chi connectivity index (χ1) is 16.1. The summed E-state index contributed by atoms with van der Waals surface area (Å²) in [7, 11) is 0. The summed E-state index contributed by atoms with van der Waals surface area (Å²) in [6.45, 7) is 6.48. The van der Waals surface area contributed by atoms with Crippen LogP contribution < -0.4 is 9.47 Å². The molecule has 0 aromatic heterocycles. The minimum Gasteiger partial charge on any atom is -0.454 e. The number of ether oxygens (including phenoxy) is 2. The van der Waals surface area contributed by atoms with E-state index in [2.05, 4.69) is 0 Å². The lowest BCUT2D eigenvalue weighted by molar-refractivity contribution is -0.139. The minimum atomic E-state index is -0.284. The van der Waals surface area contributed by atoms with Crippen LogP contribution in [0.4, 0.5) is 4.39 Å². The van der Waals surface area contributed by atoms with E-state index in [0.717, 1.165) is 28.4 Å². The van der Waals surface area contributed by atoms with Gasteiger partial charge in [-0.3, -0.25) is 9.59 Å². The lowest BCUT2D eigenvalue weighted by Crippen LogP contribution is -2.51. The van der Waals surface area contributed by atoms with Gasteiger partial charge in [-0.1, -0.05) is 19.9 Å². The first-order valence-electron chi connectivity index (χ1n) is 11.4. The van der Waals surface area contributed by atoms with Crippen LogP contribution in [0.3, 0.4) is 0 Å². The van der Waals surface area contributed by atoms with Crippen molar-refractivity contribution in [2.24, 2.45) is 5.92 Å². The second kappa shape index (κ2) is 10.5. The van der Waals surface area contributed by atoms with E-state index in [1.807, 2.05) is 41.8 Å². The number of amides is 2. The molecule has 2 fully saturated rings. The number of carbonyl (C=O) groups is 2. The second-order valence-electron chi connectivity index (χ2n) is 8.01. The first-order valence-corrected chi connectivity index (χ1v) is 12.4. The van der Waals surface area contributed by atoms with Gasteiger partial charge in [0.05, 0.1) is 5.75 Å². The fourth-order valence-corrected chi connectivity index (χ4v) is 4.96. The number of fused-ring (bicyclic) bond motifs is 1. The quantitative estimate of drug-likeness (QED) is 0.612. The van der Waals surface area contributed by atoms with E-state index in [1.54, 1.807) is 12.1 Å². The average molecular weight is 473 g/mol. The van der Waals surface area contributed by atoms with Crippen molar-refractivity contribution in [1.82, 2.24) is 9.80 Å². The van der Waals surface area contributed by atoms with Crippen LogP contribution in [0.25, 0.3) is 0 Å². The maximum Gasteiger partial charge on any atom is 0.233 e. The van der Waals surface area contributed by atoms with E-state index in [9.17, 15) is 14.0 Å². The number of carbonyl (C=O) groups excluding carboxylic acids is 2. The minimum absolute atomic E-state index is 0.0108. The highest BCUT2D eigenvalue weighted by Gasteiger charge is 2.46. The van der Waals surface area contributed by atoms with Crippen molar-refractivity contribution in [2.75, 3.05) is 38.7 Å². The van der Waals surface area contributed by atoms with E-state index < -0.39 is 0 Å². The molecule has 0 spiro atoms. The summed E-state index contributed by atoms with van der Waals surface area (Å²) in [4.78, 5) is 30.0. The number of thioether (sulfide) groups is 1. The van der Waals surface area contributed by atoms with Crippen molar-refractivity contribution in [2.45, 2.75) is 31.1 Å². The number of hydrogen-bond donors (Lipinski definition) is 0. The third-order valence-electron chi connectivity index (χ3n) is 6.05. The molecule has 2 aromatic rings. The van der Waals surface area contributed by atoms with Crippen molar-refractivity contribution in [3.8, 4) is 11.5 Å². The molecule has 176 valence electrons. The summed E-state index contributed by atoms with van der Waals surface area (Å²) in [6, 6.07) is 12.0. The molecule has 1 saturated carbocycles. The molecule has 3 aliphatic rings. The number of hydrogen-bond acceptors (Lipinski definition) is 5. The topological polar surface area (TPSA) is 59.1 Å². The number of nitrogens with zero attached hydrogens (tertiary/aromatic N) is 2. The van der Waals surface area contributed by atoms with E-state index in [1.165, 1.54) is 23.9 Å². The van der Waals surface area contributed by atoms with E-state index in [0.29, 0.717) is 31.9 Å². The molecule has 6 nitrogen and oxygen atoms in total. The zero-order valence-electron chi connectivity index (χ0n) is 19.0. The highest BCUT2D eigenvalue weighted by Crippen LogP contribution is 2.50. The first kappa shape index (κ1) is 23.4. The molecule has 5 rings (SSSR count). The molecule has 0 N–H and O–H groups in total. The molecule has 2 atom stereocenters. The van der Waals surface area contributed by atoms with Gasteiger partial charge in [0.15, 0.2) is 11.5 Å². The Morgan fingerprint density at radius 1 is 0.970 bits per heavy atom. The number of benzene rings is 2. The van der Waals surface area contributed by atoms with E-state index in [4.69, 9.17) is 9.47 Å². The zero-order chi connectivity index (χ0) is 23.4. The molecular formula is C25H29FN2O4S. The zero-order valence-corrected chi connectivity index (χ0v) is 19.8. The predicted molar refractivity (Wildman–Crippen MR) is 125 cm³/mol. The lowest BCUT2D eigenvalue weighted by atomic mass is 10.1. The Kier molecular flexibility index (Phi) is 7.42. The molecule has 2 amide bonds. The molecule has 0 bridgehead atoms. The van der Waals surface area contributed by atoms with Crippen molar-refractivity contribution < 1.29 is 23.5 Å². The molecule has 1 saturated heterocycles. The van der Waals surface area contributed by atoms with E-state index >= 15 is 0 Å². The predicted octanol–water partition coefficient (Wildman–Crippen LogP) is 4.15. The molecule has 2 unspecified atom stereocenters. The SMILES string of the molecule is CC.O=C(CSc1ccc(F)cc1)N1CCN(C(=O)C2CC2c2ccc3c(c2)OCO3)CC1. The Hall–Kier alpha value is -2.74. The Morgan fingerprint density at radius 3 is 2.36 bits per heavy atom. The van der Waals surface area contributed by atoms with Crippen LogP contribution in [0.1, 0.15) is 31.7 Å². The molecular weight excluding hydrogens is 443 g/mol. The third kappa shape index (κ3) is 5.43. The second-order valence-corrected chi connectivity index (χ2v) is 9.06. The monoisotopic (exact) mass is 472 g/mol. The van der Waals surface area contributed by atoms with Crippen LogP contribution >= 0.6 is 11.8 Å². The third-order valence-corrected chi connectivity index (χ3v) is 7.05. The van der Waals surface area contributed by atoms with Gasteiger partial charge in [-0.25, -0.2) is 4.39 Å². The number of rotatable bonds is 5. The maximum atomic E-state index is 13.0. The Morgan fingerprint density at radius 2 is 1.64 bits per heavy atom. The van der Waals surface area contributed by atoms with Crippen LogP contribution in [-0.4, -0.2) is 60.3 Å². The average Bonchev–Trinajstić information content (AvgIpc) is 3.53. The van der Waals surface area contributed by atoms with Crippen molar-refractivity contribution in [3.05, 3.63) is 53.8 Å². The van der Waals surface area contributed by atoms with Crippen molar-refractivity contribution in [1.29, 1.82) is 0 Å². The summed E-state index contributed by atoms with van der Waals surface area (Å²) >= 11 is 1.40. The van der Waals surface area contributed by atoms with Gasteiger partial charge in [0, 0.05) is 37.0 Å². The maximum absolute atomic E-state index is 13.0. The van der Waals surface area contributed by atoms with Gasteiger partial charge in [0.1, 0.15) is 5.82 Å². The lowest BCUT2D eigenvalue weighted by Gasteiger charge is -2.35. The smallest absolute Gasteiger partial charge is 0.233 e. The normalized spacial score (nSPS) is 20.7. The fraction of sp³-hybridized carbons (Fsp3) is 0.440. The molecule has 33 heavy (non-hydrogen) atoms. The Balaban J connectivity index is 0.00000126. The summed E-state index contributed by atoms with van der Waals surface area (Å²) in [5, 5.41) is 0. The van der Waals surface area contributed by atoms with Gasteiger partial charge < -0.3 is 19.3 Å². The summed E-state index contributed by atoms with van der Waals surface area (Å²) < 4.78 is 23.8. The standard InChI is InChI=1S/C23H23FN2O4S.C2H6/c24-16-2-4-17(5-3-16)31-13-22(27)25-7-9-26(10-8-25)23(28)19-12-18(19)15-1-6-20-21(11-15)30-14-29-20;1-2/h1-6,11,18-19H,7-10,12-14H2;1-2H3. The largest absolute Gasteiger partial charge is 0.454 e. The van der Waals surface area contributed by atoms with Crippen molar-refractivity contribution in [3.63, 3.8) is 0 Å². The summed E-state index contributed by atoms with van der Waals surface area (Å²) in [6.07, 6.45) is 0.853. The highest BCUT2D eigenvalue weighted by molar-refractivity contribution is 8.00. The van der Waals surface area contributed by atoms with Crippen LogP contribution in [0.2, 0.25) is 0 Å². The van der Waals surface area contributed by atoms with Crippen LogP contribution in [0.15, 0.2) is 47.4 Å². The van der Waals surface area contributed by atoms with Crippen LogP contribution in [0, 0.1) is 11.7 Å². The van der Waals surface area contributed by atoms with Gasteiger partial charge in [-0.2, -0.15) is 0 Å². The Labute approximate surface area is 198 Å². The molecule has 2 heterocycles. The molecule has 1 aliphatic carbocycles. The number of halogens is 1. The fourth-order valence-electron chi connectivity index (χ4n) is 4.16. The summed E-state index contributed by atoms with van der Waals surface area (Å²) in [5.41, 5.74) is 1.12. The van der Waals surface area contributed by atoms with Gasteiger partial charge in [-0.05, 0) is 54.3 Å². The Bertz CT molecular complexity index is 992. The molecule has 8 heteroatoms. The molecule has 2 aromatic carbocycles. The highest BCUT2D eigenvalue weighted by atomic mass is 32.2. The van der Waals surface area contributed by atoms with Crippen molar-refractivity contribution >= 4 is 23.6 Å². The van der Waals surface area contributed by atoms with Gasteiger partial charge >= 0.3 is 0 Å². The van der Waals surface area contributed by atoms with Gasteiger partial charge in [0.2, 0.25) is 18.6 Å².